The van der Waals surface area contributed by atoms with Gasteiger partial charge in [-0.15, -0.1) is 0 Å². The Morgan fingerprint density at radius 3 is 2.83 bits per heavy atom. The minimum absolute atomic E-state index is 0.0104. The Kier molecular flexibility index (Phi) is 5.74. The fourth-order valence-electron chi connectivity index (χ4n) is 3.72. The van der Waals surface area contributed by atoms with Gasteiger partial charge in [-0.25, -0.2) is 4.39 Å². The first-order valence-electron chi connectivity index (χ1n) is 9.79. The minimum Gasteiger partial charge on any atom is -0.371 e. The van der Waals surface area contributed by atoms with E-state index in [0.29, 0.717) is 23.6 Å². The van der Waals surface area contributed by atoms with Crippen molar-refractivity contribution in [2.45, 2.75) is 18.6 Å². The predicted octanol–water partition coefficient (Wildman–Crippen LogP) is 2.73. The third kappa shape index (κ3) is 4.03. The van der Waals surface area contributed by atoms with E-state index < -0.39 is 11.9 Å². The van der Waals surface area contributed by atoms with E-state index >= 15 is 0 Å². The molecule has 30 heavy (non-hydrogen) atoms. The lowest BCUT2D eigenvalue weighted by molar-refractivity contribution is -0.110. The van der Waals surface area contributed by atoms with Gasteiger partial charge >= 0.3 is 0 Å². The van der Waals surface area contributed by atoms with Crippen LogP contribution in [-0.4, -0.2) is 43.4 Å². The number of carbonyl (C=O) groups excluding carboxylic acids is 1. The molecule has 2 atom stereocenters. The Morgan fingerprint density at radius 1 is 1.33 bits per heavy atom. The van der Waals surface area contributed by atoms with Crippen molar-refractivity contribution in [3.05, 3.63) is 65.0 Å². The number of hydrogen-bond acceptors (Lipinski definition) is 6. The molecule has 2 unspecified atom stereocenters. The summed E-state index contributed by atoms with van der Waals surface area (Å²) in [5, 5.41) is 21.0. The van der Waals surface area contributed by atoms with E-state index in [9.17, 15) is 9.18 Å². The zero-order valence-electron chi connectivity index (χ0n) is 16.6. The number of carbonyl (C=O) groups is 1. The second-order valence-corrected chi connectivity index (χ2v) is 7.30. The van der Waals surface area contributed by atoms with E-state index in [1.807, 2.05) is 30.3 Å². The fraction of sp³-hybridized carbons (Fsp3) is 0.318. The molecule has 4 rings (SSSR count). The van der Waals surface area contributed by atoms with Crippen molar-refractivity contribution in [1.82, 2.24) is 10.3 Å². The van der Waals surface area contributed by atoms with Gasteiger partial charge in [0.15, 0.2) is 0 Å². The fourth-order valence-corrected chi connectivity index (χ4v) is 3.72. The maximum absolute atomic E-state index is 14.5. The summed E-state index contributed by atoms with van der Waals surface area (Å²) in [6.07, 6.45) is 0.268. The molecular formula is C22H22FN5O2. The number of morpholine rings is 1. The average molecular weight is 407 g/mol. The molecule has 0 aromatic heterocycles. The Morgan fingerprint density at radius 2 is 2.13 bits per heavy atom. The van der Waals surface area contributed by atoms with Crippen LogP contribution in [0.15, 0.2) is 47.6 Å². The van der Waals surface area contributed by atoms with Crippen molar-refractivity contribution in [1.29, 1.82) is 5.26 Å². The van der Waals surface area contributed by atoms with Crippen LogP contribution in [0.1, 0.15) is 35.3 Å². The monoisotopic (exact) mass is 407 g/mol. The van der Waals surface area contributed by atoms with Gasteiger partial charge in [0.05, 0.1) is 24.3 Å². The van der Waals surface area contributed by atoms with Crippen LogP contribution in [0.5, 0.6) is 0 Å². The van der Waals surface area contributed by atoms with Gasteiger partial charge in [0.25, 0.3) is 5.91 Å². The maximum atomic E-state index is 14.5. The van der Waals surface area contributed by atoms with E-state index in [4.69, 9.17) is 10.00 Å². The number of ether oxygens (including phenoxy) is 1. The minimum atomic E-state index is -0.566. The molecule has 0 spiro atoms. The number of hydrogen-bond donors (Lipinski definition) is 2. The van der Waals surface area contributed by atoms with Crippen LogP contribution in [0, 0.1) is 17.1 Å². The maximum Gasteiger partial charge on any atom is 0.271 e. The lowest BCUT2D eigenvalue weighted by Crippen LogP contribution is -2.33. The zero-order valence-corrected chi connectivity index (χ0v) is 16.6. The molecule has 0 aliphatic carbocycles. The molecule has 8 heteroatoms. The van der Waals surface area contributed by atoms with Crippen LogP contribution in [0.2, 0.25) is 0 Å². The number of halogens is 1. The molecule has 7 nitrogen and oxygen atoms in total. The summed E-state index contributed by atoms with van der Waals surface area (Å²) in [5.74, 6) is -0.895. The largest absolute Gasteiger partial charge is 0.371 e. The summed E-state index contributed by atoms with van der Waals surface area (Å²) in [7, 11) is 1.69. The number of amides is 1. The van der Waals surface area contributed by atoms with Crippen molar-refractivity contribution in [2.75, 3.05) is 32.1 Å². The van der Waals surface area contributed by atoms with Crippen LogP contribution in [0.3, 0.4) is 0 Å². The van der Waals surface area contributed by atoms with Gasteiger partial charge in [0, 0.05) is 37.8 Å². The van der Waals surface area contributed by atoms with Crippen molar-refractivity contribution >= 4 is 17.3 Å². The standard InChI is InChI=1S/C22H22FN5O2/c1-28-19(17-4-2-3-15(12-24)21(17)23)11-18(27-28)22(29)26-16-7-5-14(6-8-16)20-13-25-9-10-30-20/h2-8,19-20,25H,9-11,13H2,1H3,(H,26,29). The Balaban J connectivity index is 1.42. The number of nitriles is 1. The number of rotatable bonds is 4. The first-order chi connectivity index (χ1) is 14.6. The number of benzene rings is 2. The summed E-state index contributed by atoms with van der Waals surface area (Å²) in [6.45, 7) is 2.29. The third-order valence-electron chi connectivity index (χ3n) is 5.35. The Bertz CT molecular complexity index is 1010. The first kappa shape index (κ1) is 20.0. The molecule has 1 amide bonds. The molecule has 2 aromatic carbocycles. The summed E-state index contributed by atoms with van der Waals surface area (Å²) in [6, 6.07) is 13.6. The normalized spacial score (nSPS) is 21.1. The molecule has 0 saturated carbocycles. The first-order valence-corrected chi connectivity index (χ1v) is 9.79. The number of nitrogens with zero attached hydrogens (tertiary/aromatic N) is 3. The molecule has 1 saturated heterocycles. The van der Waals surface area contributed by atoms with Crippen LogP contribution in [-0.2, 0) is 9.53 Å². The highest BCUT2D eigenvalue weighted by molar-refractivity contribution is 6.43. The second-order valence-electron chi connectivity index (χ2n) is 7.30. The highest BCUT2D eigenvalue weighted by Crippen LogP contribution is 2.32. The molecule has 2 aliphatic heterocycles. The highest BCUT2D eigenvalue weighted by Gasteiger charge is 2.31. The van der Waals surface area contributed by atoms with Crippen LogP contribution in [0.4, 0.5) is 10.1 Å². The number of anilines is 1. The second kappa shape index (κ2) is 8.61. The van der Waals surface area contributed by atoms with E-state index in [1.54, 1.807) is 24.2 Å². The lowest BCUT2D eigenvalue weighted by Gasteiger charge is -2.24. The van der Waals surface area contributed by atoms with Crippen molar-refractivity contribution in [3.63, 3.8) is 0 Å². The van der Waals surface area contributed by atoms with Gasteiger partial charge < -0.3 is 15.4 Å². The van der Waals surface area contributed by atoms with Crippen molar-refractivity contribution < 1.29 is 13.9 Å². The summed E-state index contributed by atoms with van der Waals surface area (Å²) in [5.41, 5.74) is 2.35. The molecule has 154 valence electrons. The molecular weight excluding hydrogens is 385 g/mol. The third-order valence-corrected chi connectivity index (χ3v) is 5.35. The van der Waals surface area contributed by atoms with E-state index in [0.717, 1.165) is 18.7 Å². The van der Waals surface area contributed by atoms with Gasteiger partial charge in [0.1, 0.15) is 17.6 Å². The van der Waals surface area contributed by atoms with Crippen LogP contribution >= 0.6 is 0 Å². The average Bonchev–Trinajstić information content (AvgIpc) is 3.16. The molecule has 0 radical (unpaired) electrons. The predicted molar refractivity (Wildman–Crippen MR) is 110 cm³/mol. The molecule has 0 bridgehead atoms. The Hall–Kier alpha value is -3.28. The molecule has 2 aromatic rings. The topological polar surface area (TPSA) is 89.8 Å². The molecule has 2 heterocycles. The van der Waals surface area contributed by atoms with Crippen molar-refractivity contribution in [2.24, 2.45) is 5.10 Å². The smallest absolute Gasteiger partial charge is 0.271 e. The highest BCUT2D eigenvalue weighted by atomic mass is 19.1. The van der Waals surface area contributed by atoms with Crippen molar-refractivity contribution in [3.8, 4) is 6.07 Å². The molecule has 2 aliphatic rings. The number of hydrazone groups is 1. The van der Waals surface area contributed by atoms with E-state index in [1.165, 1.54) is 6.07 Å². The van der Waals surface area contributed by atoms with Crippen LogP contribution < -0.4 is 10.6 Å². The van der Waals surface area contributed by atoms with E-state index in [2.05, 4.69) is 15.7 Å². The van der Waals surface area contributed by atoms with Gasteiger partial charge in [-0.2, -0.15) is 10.4 Å². The summed E-state index contributed by atoms with van der Waals surface area (Å²) < 4.78 is 20.3. The van der Waals surface area contributed by atoms with E-state index in [-0.39, 0.29) is 24.0 Å². The SMILES string of the molecule is CN1N=C(C(=O)Nc2ccc(C3CNCCO3)cc2)CC1c1cccc(C#N)c1F. The van der Waals surface area contributed by atoms with Gasteiger partial charge in [-0.05, 0) is 23.8 Å². The lowest BCUT2D eigenvalue weighted by atomic mass is 9.99. The van der Waals surface area contributed by atoms with Crippen LogP contribution in [0.25, 0.3) is 0 Å². The molecule has 2 N–H and O–H groups in total. The summed E-state index contributed by atoms with van der Waals surface area (Å²) in [4.78, 5) is 12.7. The van der Waals surface area contributed by atoms with Gasteiger partial charge in [-0.1, -0.05) is 24.3 Å². The summed E-state index contributed by atoms with van der Waals surface area (Å²) >= 11 is 0. The number of nitrogens with one attached hydrogen (secondary N) is 2. The Labute approximate surface area is 174 Å². The quantitative estimate of drug-likeness (QED) is 0.814. The zero-order chi connectivity index (χ0) is 21.1. The van der Waals surface area contributed by atoms with Gasteiger partial charge in [0.2, 0.25) is 0 Å². The van der Waals surface area contributed by atoms with Gasteiger partial charge in [-0.3, -0.25) is 9.80 Å². The molecule has 1 fully saturated rings.